The zero-order chi connectivity index (χ0) is 13.0. The van der Waals surface area contributed by atoms with Gasteiger partial charge in [-0.3, -0.25) is 0 Å². The third kappa shape index (κ3) is 3.22. The summed E-state index contributed by atoms with van der Waals surface area (Å²) in [5.74, 6) is 0. The van der Waals surface area contributed by atoms with Crippen LogP contribution in [0.2, 0.25) is 5.02 Å². The molecule has 0 fully saturated rings. The highest BCUT2D eigenvalue weighted by molar-refractivity contribution is 7.99. The number of halogens is 1. The summed E-state index contributed by atoms with van der Waals surface area (Å²) in [5.41, 5.74) is 2.31. The number of aromatic nitrogens is 2. The van der Waals surface area contributed by atoms with Crippen molar-refractivity contribution in [3.63, 3.8) is 0 Å². The van der Waals surface area contributed by atoms with Gasteiger partial charge in [-0.15, -0.1) is 0 Å². The summed E-state index contributed by atoms with van der Waals surface area (Å²) in [5, 5.41) is 5.49. The van der Waals surface area contributed by atoms with E-state index in [1.54, 1.807) is 6.20 Å². The van der Waals surface area contributed by atoms with E-state index in [2.05, 4.69) is 21.4 Å². The van der Waals surface area contributed by atoms with Crippen molar-refractivity contribution >= 4 is 23.4 Å². The second kappa shape index (κ2) is 6.18. The van der Waals surface area contributed by atoms with Crippen LogP contribution >= 0.6 is 23.4 Å². The van der Waals surface area contributed by atoms with Crippen LogP contribution in [0, 0.1) is 6.92 Å². The van der Waals surface area contributed by atoms with Gasteiger partial charge in [-0.1, -0.05) is 17.7 Å². The van der Waals surface area contributed by atoms with Crippen LogP contribution in [0.3, 0.4) is 0 Å². The first-order valence-electron chi connectivity index (χ1n) is 5.59. The van der Waals surface area contributed by atoms with Gasteiger partial charge in [0.25, 0.3) is 0 Å². The van der Waals surface area contributed by atoms with Crippen LogP contribution in [0.4, 0.5) is 0 Å². The molecule has 0 radical (unpaired) electrons. The fraction of sp³-hybridized carbons (Fsp3) is 0.231. The number of hydrogen-bond donors (Lipinski definition) is 1. The molecule has 0 aliphatic carbocycles. The lowest BCUT2D eigenvalue weighted by atomic mass is 10.2. The third-order valence-corrected chi connectivity index (χ3v) is 3.94. The van der Waals surface area contributed by atoms with Crippen LogP contribution in [0.25, 0.3) is 0 Å². The van der Waals surface area contributed by atoms with Crippen molar-refractivity contribution in [2.24, 2.45) is 0 Å². The van der Waals surface area contributed by atoms with Gasteiger partial charge in [-0.2, -0.15) is 0 Å². The van der Waals surface area contributed by atoms with Gasteiger partial charge in [-0.25, -0.2) is 9.97 Å². The summed E-state index contributed by atoms with van der Waals surface area (Å²) in [6.07, 6.45) is 3.61. The zero-order valence-corrected chi connectivity index (χ0v) is 11.8. The lowest BCUT2D eigenvalue weighted by Gasteiger charge is -2.07. The molecule has 0 bridgehead atoms. The first-order valence-corrected chi connectivity index (χ1v) is 6.78. The molecule has 94 valence electrons. The van der Waals surface area contributed by atoms with E-state index >= 15 is 0 Å². The summed E-state index contributed by atoms with van der Waals surface area (Å²) < 4.78 is 0. The molecule has 18 heavy (non-hydrogen) atoms. The second-order valence-corrected chi connectivity index (χ2v) is 5.27. The normalized spacial score (nSPS) is 10.6. The fourth-order valence-corrected chi connectivity index (χ4v) is 2.59. The predicted octanol–water partition coefficient (Wildman–Crippen LogP) is 3.31. The van der Waals surface area contributed by atoms with Crippen molar-refractivity contribution in [3.05, 3.63) is 46.7 Å². The van der Waals surface area contributed by atoms with Crippen LogP contribution in [0.5, 0.6) is 0 Å². The van der Waals surface area contributed by atoms with Crippen molar-refractivity contribution in [1.29, 1.82) is 0 Å². The average Bonchev–Trinajstić information content (AvgIpc) is 2.35. The largest absolute Gasteiger partial charge is 0.316 e. The minimum absolute atomic E-state index is 0.656. The molecule has 0 amide bonds. The number of nitrogens with one attached hydrogen (secondary N) is 1. The van der Waals surface area contributed by atoms with Gasteiger partial charge < -0.3 is 5.32 Å². The Balaban J connectivity index is 2.22. The summed E-state index contributed by atoms with van der Waals surface area (Å²) in [6, 6.07) is 5.78. The third-order valence-electron chi connectivity index (χ3n) is 2.39. The van der Waals surface area contributed by atoms with Crippen molar-refractivity contribution in [2.75, 3.05) is 7.05 Å². The maximum Gasteiger partial charge on any atom is 0.121 e. The molecular formula is C13H14ClN3S. The molecule has 0 unspecified atom stereocenters. The fourth-order valence-electron chi connectivity index (χ4n) is 1.57. The number of nitrogens with zero attached hydrogens (tertiary/aromatic N) is 2. The zero-order valence-electron chi connectivity index (χ0n) is 10.3. The van der Waals surface area contributed by atoms with Crippen LogP contribution < -0.4 is 5.32 Å². The summed E-state index contributed by atoms with van der Waals surface area (Å²) in [4.78, 5) is 8.71. The maximum absolute atomic E-state index is 6.09. The van der Waals surface area contributed by atoms with E-state index < -0.39 is 0 Å². The highest BCUT2D eigenvalue weighted by Gasteiger charge is 2.07. The molecule has 0 saturated heterocycles. The smallest absolute Gasteiger partial charge is 0.121 e. The van der Waals surface area contributed by atoms with E-state index in [9.17, 15) is 0 Å². The van der Waals surface area contributed by atoms with E-state index in [-0.39, 0.29) is 0 Å². The number of rotatable bonds is 4. The minimum Gasteiger partial charge on any atom is -0.316 e. The molecule has 0 aliphatic heterocycles. The number of pyridine rings is 2. The standard InChI is InChI=1S/C13H14ClN3S/c1-9-6-10(7-15-2)8-17-12(9)18-13-11(14)4-3-5-16-13/h3-6,8,15H,7H2,1-2H3. The number of aryl methyl sites for hydroxylation is 1. The Hall–Kier alpha value is -1.10. The molecule has 2 aromatic rings. The summed E-state index contributed by atoms with van der Waals surface area (Å²) in [6.45, 7) is 2.87. The Morgan fingerprint density at radius 3 is 2.83 bits per heavy atom. The van der Waals surface area contributed by atoms with Gasteiger partial charge in [-0.05, 0) is 49.0 Å². The molecule has 2 rings (SSSR count). The lowest BCUT2D eigenvalue weighted by molar-refractivity contribution is 0.806. The molecule has 1 N–H and O–H groups in total. The maximum atomic E-state index is 6.09. The molecule has 0 aromatic carbocycles. The van der Waals surface area contributed by atoms with Gasteiger partial charge in [0.2, 0.25) is 0 Å². The molecule has 0 spiro atoms. The van der Waals surface area contributed by atoms with Crippen molar-refractivity contribution in [2.45, 2.75) is 23.5 Å². The molecule has 0 atom stereocenters. The van der Waals surface area contributed by atoms with Crippen LogP contribution in [-0.4, -0.2) is 17.0 Å². The molecule has 0 saturated carbocycles. The Morgan fingerprint density at radius 1 is 1.33 bits per heavy atom. The van der Waals surface area contributed by atoms with Crippen molar-refractivity contribution in [1.82, 2.24) is 15.3 Å². The molecule has 5 heteroatoms. The van der Waals surface area contributed by atoms with Gasteiger partial charge in [0, 0.05) is 18.9 Å². The van der Waals surface area contributed by atoms with Crippen molar-refractivity contribution in [3.8, 4) is 0 Å². The first kappa shape index (κ1) is 13.3. The molecule has 3 nitrogen and oxygen atoms in total. The Bertz CT molecular complexity index is 546. The minimum atomic E-state index is 0.656. The quantitative estimate of drug-likeness (QED) is 0.932. The van der Waals surface area contributed by atoms with Gasteiger partial charge in [0.1, 0.15) is 10.1 Å². The van der Waals surface area contributed by atoms with E-state index in [0.717, 1.165) is 22.2 Å². The van der Waals surface area contributed by atoms with E-state index in [1.807, 2.05) is 32.3 Å². The molecule has 2 heterocycles. The molecular weight excluding hydrogens is 266 g/mol. The van der Waals surface area contributed by atoms with E-state index in [0.29, 0.717) is 5.02 Å². The van der Waals surface area contributed by atoms with Gasteiger partial charge in [0.05, 0.1) is 5.02 Å². The molecule has 0 aliphatic rings. The predicted molar refractivity (Wildman–Crippen MR) is 75.1 cm³/mol. The number of hydrogen-bond acceptors (Lipinski definition) is 4. The Labute approximate surface area is 116 Å². The topological polar surface area (TPSA) is 37.8 Å². The second-order valence-electron chi connectivity index (χ2n) is 3.89. The van der Waals surface area contributed by atoms with Crippen LogP contribution in [0.15, 0.2) is 40.6 Å². The van der Waals surface area contributed by atoms with Crippen molar-refractivity contribution < 1.29 is 0 Å². The van der Waals surface area contributed by atoms with Crippen LogP contribution in [-0.2, 0) is 6.54 Å². The van der Waals surface area contributed by atoms with Crippen LogP contribution in [0.1, 0.15) is 11.1 Å². The summed E-state index contributed by atoms with van der Waals surface area (Å²) >= 11 is 7.58. The summed E-state index contributed by atoms with van der Waals surface area (Å²) in [7, 11) is 1.92. The Morgan fingerprint density at radius 2 is 2.17 bits per heavy atom. The highest BCUT2D eigenvalue weighted by atomic mass is 35.5. The molecule has 2 aromatic heterocycles. The van der Waals surface area contributed by atoms with E-state index in [4.69, 9.17) is 11.6 Å². The van der Waals surface area contributed by atoms with Gasteiger partial charge in [0.15, 0.2) is 0 Å². The highest BCUT2D eigenvalue weighted by Crippen LogP contribution is 2.31. The lowest BCUT2D eigenvalue weighted by Crippen LogP contribution is -2.05. The van der Waals surface area contributed by atoms with Gasteiger partial charge >= 0.3 is 0 Å². The monoisotopic (exact) mass is 279 g/mol. The average molecular weight is 280 g/mol. The Kier molecular flexibility index (Phi) is 4.58. The first-order chi connectivity index (χ1) is 8.70. The van der Waals surface area contributed by atoms with E-state index in [1.165, 1.54) is 17.3 Å². The SMILES string of the molecule is CNCc1cnc(Sc2ncccc2Cl)c(C)c1.